The zero-order valence-electron chi connectivity index (χ0n) is 14.6. The van der Waals surface area contributed by atoms with Gasteiger partial charge in [0.15, 0.2) is 0 Å². The van der Waals surface area contributed by atoms with Crippen molar-refractivity contribution in [2.24, 2.45) is 0 Å². The molecule has 0 bridgehead atoms. The third kappa shape index (κ3) is 3.16. The number of carbonyl (C=O) groups excluding carboxylic acids is 1. The van der Waals surface area contributed by atoms with Gasteiger partial charge in [-0.1, -0.05) is 6.42 Å². The van der Waals surface area contributed by atoms with E-state index in [0.717, 1.165) is 36.7 Å². The van der Waals surface area contributed by atoms with E-state index in [1.165, 1.54) is 32.4 Å². The fraction of sp³-hybridized carbons (Fsp3) is 0.650. The summed E-state index contributed by atoms with van der Waals surface area (Å²) in [4.78, 5) is 16.5. The lowest BCUT2D eigenvalue weighted by Gasteiger charge is -2.44. The molecule has 1 saturated carbocycles. The van der Waals surface area contributed by atoms with Crippen LogP contribution in [0.15, 0.2) is 24.3 Å². The second kappa shape index (κ2) is 6.75. The molecule has 3 fully saturated rings. The molecule has 0 unspecified atom stereocenters. The molecule has 1 aliphatic carbocycles. The molecule has 0 spiro atoms. The van der Waals surface area contributed by atoms with Gasteiger partial charge >= 0.3 is 0 Å². The number of anilines is 1. The summed E-state index contributed by atoms with van der Waals surface area (Å²) >= 11 is 0. The first-order chi connectivity index (χ1) is 11.7. The third-order valence-corrected chi connectivity index (χ3v) is 5.88. The quantitative estimate of drug-likeness (QED) is 0.846. The summed E-state index contributed by atoms with van der Waals surface area (Å²) in [6.45, 7) is 4.66. The molecule has 130 valence electrons. The fourth-order valence-corrected chi connectivity index (χ4v) is 4.32. The SMILES string of the molecule is C[C@@H]1CCC(=O)N1c1ccc(OC2CC(N3CCCCC3)C2)cc1. The van der Waals surface area contributed by atoms with Crippen molar-refractivity contribution in [1.82, 2.24) is 4.90 Å². The number of benzene rings is 1. The number of ether oxygens (including phenoxy) is 1. The number of hydrogen-bond donors (Lipinski definition) is 0. The Kier molecular flexibility index (Phi) is 4.49. The summed E-state index contributed by atoms with van der Waals surface area (Å²) < 4.78 is 6.11. The van der Waals surface area contributed by atoms with Gasteiger partial charge in [-0.25, -0.2) is 0 Å². The maximum Gasteiger partial charge on any atom is 0.227 e. The zero-order valence-corrected chi connectivity index (χ0v) is 14.6. The van der Waals surface area contributed by atoms with Gasteiger partial charge in [-0.05, 0) is 63.5 Å². The van der Waals surface area contributed by atoms with Crippen molar-refractivity contribution in [2.45, 2.75) is 70.1 Å². The van der Waals surface area contributed by atoms with E-state index in [9.17, 15) is 4.79 Å². The Balaban J connectivity index is 1.30. The molecule has 1 atom stereocenters. The lowest BCUT2D eigenvalue weighted by Crippen LogP contribution is -2.50. The second-order valence-electron chi connectivity index (χ2n) is 7.61. The maximum atomic E-state index is 12.0. The average molecular weight is 328 g/mol. The third-order valence-electron chi connectivity index (χ3n) is 5.88. The molecule has 1 aromatic rings. The summed E-state index contributed by atoms with van der Waals surface area (Å²) in [6.07, 6.45) is 8.40. The van der Waals surface area contributed by atoms with E-state index in [2.05, 4.69) is 11.8 Å². The van der Waals surface area contributed by atoms with E-state index < -0.39 is 0 Å². The Morgan fingerprint density at radius 1 is 1.04 bits per heavy atom. The molecule has 24 heavy (non-hydrogen) atoms. The predicted octanol–water partition coefficient (Wildman–Crippen LogP) is 3.60. The molecule has 2 saturated heterocycles. The largest absolute Gasteiger partial charge is 0.490 e. The summed E-state index contributed by atoms with van der Waals surface area (Å²) in [5.41, 5.74) is 0.997. The van der Waals surface area contributed by atoms with Crippen LogP contribution in [0.2, 0.25) is 0 Å². The van der Waals surface area contributed by atoms with Gasteiger partial charge in [-0.2, -0.15) is 0 Å². The molecule has 2 heterocycles. The van der Waals surface area contributed by atoms with E-state index in [1.807, 2.05) is 29.2 Å². The van der Waals surface area contributed by atoms with Crippen molar-refractivity contribution in [3.63, 3.8) is 0 Å². The summed E-state index contributed by atoms with van der Waals surface area (Å²) in [5, 5.41) is 0. The van der Waals surface area contributed by atoms with Gasteiger partial charge in [-0.15, -0.1) is 0 Å². The normalized spacial score (nSPS) is 31.1. The highest BCUT2D eigenvalue weighted by Crippen LogP contribution is 2.33. The molecule has 0 radical (unpaired) electrons. The highest BCUT2D eigenvalue weighted by Gasteiger charge is 2.35. The minimum atomic E-state index is 0.236. The van der Waals surface area contributed by atoms with Crippen LogP contribution in [-0.4, -0.2) is 42.1 Å². The van der Waals surface area contributed by atoms with E-state index >= 15 is 0 Å². The number of rotatable bonds is 4. The molecule has 1 aromatic carbocycles. The van der Waals surface area contributed by atoms with E-state index in [0.29, 0.717) is 18.6 Å². The average Bonchev–Trinajstić information content (AvgIpc) is 2.91. The van der Waals surface area contributed by atoms with E-state index in [-0.39, 0.29) is 5.91 Å². The first-order valence-corrected chi connectivity index (χ1v) is 9.53. The summed E-state index contributed by atoms with van der Waals surface area (Å²) in [5.74, 6) is 1.17. The maximum absolute atomic E-state index is 12.0. The Hall–Kier alpha value is -1.55. The number of likely N-dealkylation sites (tertiary alicyclic amines) is 1. The Bertz CT molecular complexity index is 574. The van der Waals surface area contributed by atoms with Crippen molar-refractivity contribution >= 4 is 11.6 Å². The standard InChI is InChI=1S/C20H28N2O2/c1-15-5-10-20(23)22(15)16-6-8-18(9-7-16)24-19-13-17(14-19)21-11-3-2-4-12-21/h6-9,15,17,19H,2-5,10-14H2,1H3/t15-,17?,19?/m1/s1. The zero-order chi connectivity index (χ0) is 16.5. The smallest absolute Gasteiger partial charge is 0.227 e. The van der Waals surface area contributed by atoms with Gasteiger partial charge in [0.1, 0.15) is 11.9 Å². The van der Waals surface area contributed by atoms with E-state index in [1.54, 1.807) is 0 Å². The van der Waals surface area contributed by atoms with Gasteiger partial charge < -0.3 is 14.5 Å². The minimum Gasteiger partial charge on any atom is -0.490 e. The van der Waals surface area contributed by atoms with Crippen molar-refractivity contribution in [2.75, 3.05) is 18.0 Å². The van der Waals surface area contributed by atoms with Crippen LogP contribution in [-0.2, 0) is 4.79 Å². The van der Waals surface area contributed by atoms with Crippen LogP contribution in [0, 0.1) is 0 Å². The summed E-state index contributed by atoms with van der Waals surface area (Å²) in [7, 11) is 0. The van der Waals surface area contributed by atoms with Crippen molar-refractivity contribution in [3.8, 4) is 5.75 Å². The van der Waals surface area contributed by atoms with Gasteiger partial charge in [0.2, 0.25) is 5.91 Å². The number of hydrogen-bond acceptors (Lipinski definition) is 3. The second-order valence-corrected chi connectivity index (χ2v) is 7.61. The Morgan fingerprint density at radius 2 is 1.75 bits per heavy atom. The van der Waals surface area contributed by atoms with Crippen LogP contribution in [0.1, 0.15) is 51.9 Å². The number of amides is 1. The minimum absolute atomic E-state index is 0.236. The first-order valence-electron chi connectivity index (χ1n) is 9.53. The predicted molar refractivity (Wildman–Crippen MR) is 95.5 cm³/mol. The number of carbonyl (C=O) groups is 1. The van der Waals surface area contributed by atoms with Crippen LogP contribution < -0.4 is 9.64 Å². The fourth-order valence-electron chi connectivity index (χ4n) is 4.32. The topological polar surface area (TPSA) is 32.8 Å². The molecule has 4 rings (SSSR count). The highest BCUT2D eigenvalue weighted by atomic mass is 16.5. The lowest BCUT2D eigenvalue weighted by molar-refractivity contribution is -0.117. The molecule has 0 aromatic heterocycles. The molecular weight excluding hydrogens is 300 g/mol. The first kappa shape index (κ1) is 15.9. The van der Waals surface area contributed by atoms with Crippen LogP contribution in [0.3, 0.4) is 0 Å². The van der Waals surface area contributed by atoms with Crippen LogP contribution >= 0.6 is 0 Å². The van der Waals surface area contributed by atoms with Crippen LogP contribution in [0.5, 0.6) is 5.75 Å². The lowest BCUT2D eigenvalue weighted by atomic mass is 9.86. The van der Waals surface area contributed by atoms with Crippen LogP contribution in [0.25, 0.3) is 0 Å². The molecule has 4 heteroatoms. The Morgan fingerprint density at radius 3 is 2.38 bits per heavy atom. The molecule has 3 aliphatic rings. The van der Waals surface area contributed by atoms with Gasteiger partial charge in [0, 0.05) is 37.0 Å². The van der Waals surface area contributed by atoms with Gasteiger partial charge in [0.25, 0.3) is 0 Å². The molecule has 2 aliphatic heterocycles. The van der Waals surface area contributed by atoms with Gasteiger partial charge in [0.05, 0.1) is 0 Å². The number of nitrogens with zero attached hydrogens (tertiary/aromatic N) is 2. The van der Waals surface area contributed by atoms with Crippen molar-refractivity contribution in [1.29, 1.82) is 0 Å². The van der Waals surface area contributed by atoms with Crippen molar-refractivity contribution < 1.29 is 9.53 Å². The monoisotopic (exact) mass is 328 g/mol. The number of piperidine rings is 1. The van der Waals surface area contributed by atoms with E-state index in [4.69, 9.17) is 4.74 Å². The van der Waals surface area contributed by atoms with Crippen molar-refractivity contribution in [3.05, 3.63) is 24.3 Å². The summed E-state index contributed by atoms with van der Waals surface area (Å²) in [6, 6.07) is 9.12. The molecule has 1 amide bonds. The molecule has 4 nitrogen and oxygen atoms in total. The molecular formula is C20H28N2O2. The molecule has 0 N–H and O–H groups in total. The Labute approximate surface area is 144 Å². The van der Waals surface area contributed by atoms with Gasteiger partial charge in [-0.3, -0.25) is 4.79 Å². The highest BCUT2D eigenvalue weighted by molar-refractivity contribution is 5.96. The van der Waals surface area contributed by atoms with Crippen LogP contribution in [0.4, 0.5) is 5.69 Å².